The van der Waals surface area contributed by atoms with Gasteiger partial charge in [-0.25, -0.2) is 0 Å². The molecule has 0 aliphatic carbocycles. The van der Waals surface area contributed by atoms with Crippen LogP contribution in [0.5, 0.6) is 0 Å². The Balaban J connectivity index is 1.48. The molecule has 4 rings (SSSR count). The summed E-state index contributed by atoms with van der Waals surface area (Å²) in [6, 6.07) is 11.5. The van der Waals surface area contributed by atoms with Crippen molar-refractivity contribution in [3.63, 3.8) is 0 Å². The van der Waals surface area contributed by atoms with Gasteiger partial charge in [-0.05, 0) is 30.2 Å². The Morgan fingerprint density at radius 1 is 1.14 bits per heavy atom. The van der Waals surface area contributed by atoms with Gasteiger partial charge < -0.3 is 0 Å². The van der Waals surface area contributed by atoms with Gasteiger partial charge >= 0.3 is 0 Å². The highest BCUT2D eigenvalue weighted by Crippen LogP contribution is 2.41. The number of aryl methyl sites for hydroxylation is 1. The van der Waals surface area contributed by atoms with Crippen LogP contribution < -0.4 is 5.32 Å². The molecule has 1 N–H and O–H groups in total. The van der Waals surface area contributed by atoms with E-state index >= 15 is 0 Å². The molecule has 0 fully saturated rings. The smallest absolute Gasteiger partial charge is 0.269 e. The predicted octanol–water partition coefficient (Wildman–Crippen LogP) is 7.57. The summed E-state index contributed by atoms with van der Waals surface area (Å²) in [7, 11) is 0. The number of hydrogen-bond acceptors (Lipinski definition) is 6. The summed E-state index contributed by atoms with van der Waals surface area (Å²) in [6.07, 6.45) is 0. The van der Waals surface area contributed by atoms with Crippen molar-refractivity contribution in [3.05, 3.63) is 67.5 Å². The topological polar surface area (TPSA) is 54.9 Å². The SMILES string of the molecule is Cc1ccccc1CSc1nnc(NC(=O)c2sc3cc(Cl)cc(Cl)c3c2Cl)s1. The average molecular weight is 501 g/mol. The van der Waals surface area contributed by atoms with Crippen LogP contribution in [0.15, 0.2) is 40.7 Å². The normalized spacial score (nSPS) is 11.2. The van der Waals surface area contributed by atoms with Gasteiger partial charge in [-0.1, -0.05) is 82.2 Å². The number of hydrogen-bond donors (Lipinski definition) is 1. The number of fused-ring (bicyclic) bond motifs is 1. The first-order chi connectivity index (χ1) is 13.9. The van der Waals surface area contributed by atoms with Crippen molar-refractivity contribution in [2.45, 2.75) is 17.0 Å². The fraction of sp³-hybridized carbons (Fsp3) is 0.105. The maximum absolute atomic E-state index is 12.7. The number of benzene rings is 2. The zero-order valence-electron chi connectivity index (χ0n) is 14.8. The molecule has 0 atom stereocenters. The van der Waals surface area contributed by atoms with Crippen molar-refractivity contribution < 1.29 is 4.79 Å². The summed E-state index contributed by atoms with van der Waals surface area (Å²) in [5.74, 6) is 0.436. The van der Waals surface area contributed by atoms with Crippen LogP contribution in [0.1, 0.15) is 20.8 Å². The molecule has 2 heterocycles. The van der Waals surface area contributed by atoms with Crippen molar-refractivity contribution in [3.8, 4) is 0 Å². The Bertz CT molecular complexity index is 1220. The Morgan fingerprint density at radius 3 is 2.72 bits per heavy atom. The second-order valence-corrected chi connectivity index (χ2v) is 10.5. The van der Waals surface area contributed by atoms with Crippen molar-refractivity contribution in [2.24, 2.45) is 0 Å². The lowest BCUT2D eigenvalue weighted by atomic mass is 10.1. The first-order valence-electron chi connectivity index (χ1n) is 8.31. The summed E-state index contributed by atoms with van der Waals surface area (Å²) in [5.41, 5.74) is 2.47. The third kappa shape index (κ3) is 4.55. The highest BCUT2D eigenvalue weighted by Gasteiger charge is 2.21. The van der Waals surface area contributed by atoms with Crippen molar-refractivity contribution in [1.29, 1.82) is 0 Å². The third-order valence-corrected chi connectivity index (χ3v) is 8.26. The first-order valence-corrected chi connectivity index (χ1v) is 12.1. The zero-order valence-corrected chi connectivity index (χ0v) is 19.5. The molecule has 4 aromatic rings. The highest BCUT2D eigenvalue weighted by molar-refractivity contribution is 8.00. The van der Waals surface area contributed by atoms with E-state index in [1.165, 1.54) is 33.8 Å². The number of carbonyl (C=O) groups is 1. The van der Waals surface area contributed by atoms with Crippen LogP contribution in [0.3, 0.4) is 0 Å². The second kappa shape index (κ2) is 8.79. The Hall–Kier alpha value is -1.35. The highest BCUT2D eigenvalue weighted by atomic mass is 35.5. The number of halogens is 3. The lowest BCUT2D eigenvalue weighted by Crippen LogP contribution is -2.10. The maximum atomic E-state index is 12.7. The van der Waals surface area contributed by atoms with Gasteiger partial charge in [0.1, 0.15) is 4.88 Å². The first kappa shape index (κ1) is 20.9. The van der Waals surface area contributed by atoms with Gasteiger partial charge in [-0.2, -0.15) is 0 Å². The van der Waals surface area contributed by atoms with E-state index in [-0.39, 0.29) is 5.91 Å². The minimum Gasteiger partial charge on any atom is -0.296 e. The molecule has 2 aromatic carbocycles. The quantitative estimate of drug-likeness (QED) is 0.227. The lowest BCUT2D eigenvalue weighted by Gasteiger charge is -2.02. The Morgan fingerprint density at radius 2 is 1.93 bits per heavy atom. The molecule has 0 spiro atoms. The largest absolute Gasteiger partial charge is 0.296 e. The summed E-state index contributed by atoms with van der Waals surface area (Å²) in [6.45, 7) is 2.08. The van der Waals surface area contributed by atoms with Gasteiger partial charge in [0, 0.05) is 20.9 Å². The monoisotopic (exact) mass is 499 g/mol. The number of rotatable bonds is 5. The van der Waals surface area contributed by atoms with Crippen LogP contribution in [0.2, 0.25) is 15.1 Å². The van der Waals surface area contributed by atoms with Crippen LogP contribution in [0, 0.1) is 6.92 Å². The molecular weight excluding hydrogens is 489 g/mol. The molecule has 0 saturated heterocycles. The number of nitrogens with one attached hydrogen (secondary N) is 1. The number of carbonyl (C=O) groups excluding carboxylic acids is 1. The summed E-state index contributed by atoms with van der Waals surface area (Å²) in [4.78, 5) is 13.1. The second-order valence-electron chi connectivity index (χ2n) is 6.05. The molecule has 0 bridgehead atoms. The van der Waals surface area contributed by atoms with E-state index in [9.17, 15) is 4.79 Å². The molecule has 0 radical (unpaired) electrons. The number of thioether (sulfide) groups is 1. The van der Waals surface area contributed by atoms with Crippen LogP contribution in [0.4, 0.5) is 5.13 Å². The molecule has 0 saturated carbocycles. The molecule has 1 amide bonds. The molecular formula is C19H12Cl3N3OS3. The molecule has 2 aromatic heterocycles. The number of anilines is 1. The lowest BCUT2D eigenvalue weighted by molar-refractivity contribution is 0.103. The zero-order chi connectivity index (χ0) is 20.5. The van der Waals surface area contributed by atoms with Crippen LogP contribution in [0.25, 0.3) is 10.1 Å². The fourth-order valence-electron chi connectivity index (χ4n) is 2.64. The number of aromatic nitrogens is 2. The Kier molecular flexibility index (Phi) is 6.34. The van der Waals surface area contributed by atoms with Gasteiger partial charge in [0.15, 0.2) is 4.34 Å². The number of thiophene rings is 1. The molecule has 10 heteroatoms. The van der Waals surface area contributed by atoms with Gasteiger partial charge in [0.2, 0.25) is 5.13 Å². The summed E-state index contributed by atoms with van der Waals surface area (Å²) >= 11 is 22.8. The van der Waals surface area contributed by atoms with E-state index in [4.69, 9.17) is 34.8 Å². The molecule has 0 aliphatic rings. The summed E-state index contributed by atoms with van der Waals surface area (Å²) < 4.78 is 1.53. The minimum atomic E-state index is -0.352. The molecule has 4 nitrogen and oxygen atoms in total. The number of amides is 1. The average Bonchev–Trinajstić information content (AvgIpc) is 3.25. The van der Waals surface area contributed by atoms with Gasteiger partial charge in [0.25, 0.3) is 5.91 Å². The fourth-order valence-corrected chi connectivity index (χ4v) is 6.74. The van der Waals surface area contributed by atoms with E-state index in [1.807, 2.05) is 12.1 Å². The number of nitrogens with zero attached hydrogens (tertiary/aromatic N) is 2. The van der Waals surface area contributed by atoms with E-state index in [0.717, 1.165) is 14.8 Å². The standard InChI is InChI=1S/C19H12Cl3N3OS3/c1-9-4-2-3-5-10(9)8-27-19-25-24-18(29-19)23-17(26)16-15(22)14-12(21)6-11(20)7-13(14)28-16/h2-7H,8H2,1H3,(H,23,24,26). The third-order valence-electron chi connectivity index (χ3n) is 4.10. The van der Waals surface area contributed by atoms with E-state index < -0.39 is 0 Å². The Labute approximate surface area is 194 Å². The van der Waals surface area contributed by atoms with Gasteiger partial charge in [-0.15, -0.1) is 21.5 Å². The molecule has 0 unspecified atom stereocenters. The maximum Gasteiger partial charge on any atom is 0.269 e. The van der Waals surface area contributed by atoms with E-state index in [1.54, 1.807) is 23.9 Å². The summed E-state index contributed by atoms with van der Waals surface area (Å²) in [5, 5.41) is 13.2. The minimum absolute atomic E-state index is 0.308. The predicted molar refractivity (Wildman–Crippen MR) is 125 cm³/mol. The van der Waals surface area contributed by atoms with Crippen LogP contribution >= 0.6 is 69.2 Å². The van der Waals surface area contributed by atoms with Gasteiger partial charge in [0.05, 0.1) is 10.0 Å². The van der Waals surface area contributed by atoms with Crippen LogP contribution in [-0.2, 0) is 5.75 Å². The van der Waals surface area contributed by atoms with Crippen molar-refractivity contribution in [1.82, 2.24) is 10.2 Å². The van der Waals surface area contributed by atoms with Crippen molar-refractivity contribution in [2.75, 3.05) is 5.32 Å². The van der Waals surface area contributed by atoms with E-state index in [0.29, 0.717) is 30.5 Å². The van der Waals surface area contributed by atoms with Crippen LogP contribution in [-0.4, -0.2) is 16.1 Å². The molecule has 0 aliphatic heterocycles. The molecule has 29 heavy (non-hydrogen) atoms. The van der Waals surface area contributed by atoms with Gasteiger partial charge in [-0.3, -0.25) is 10.1 Å². The van der Waals surface area contributed by atoms with E-state index in [2.05, 4.69) is 34.6 Å². The molecule has 148 valence electrons. The van der Waals surface area contributed by atoms with Crippen molar-refractivity contribution >= 4 is 90.4 Å².